The van der Waals surface area contributed by atoms with Crippen LogP contribution < -0.4 is 5.73 Å². The third-order valence-corrected chi connectivity index (χ3v) is 2.74. The van der Waals surface area contributed by atoms with Crippen molar-refractivity contribution in [2.45, 2.75) is 20.8 Å². The van der Waals surface area contributed by atoms with E-state index in [1.165, 1.54) is 22.3 Å². The second kappa shape index (κ2) is 4.01. The van der Waals surface area contributed by atoms with Gasteiger partial charge in [-0.15, -0.1) is 0 Å². The summed E-state index contributed by atoms with van der Waals surface area (Å²) < 4.78 is 0. The molecule has 0 spiro atoms. The third kappa shape index (κ3) is 2.08. The molecule has 0 radical (unpaired) electrons. The van der Waals surface area contributed by atoms with Crippen LogP contribution in [0.3, 0.4) is 0 Å². The summed E-state index contributed by atoms with van der Waals surface area (Å²) in [6.07, 6.45) is 0. The Morgan fingerprint density at radius 3 is 2.00 bits per heavy atom. The summed E-state index contributed by atoms with van der Waals surface area (Å²) >= 11 is 0. The van der Waals surface area contributed by atoms with Crippen LogP contribution in [0.4, 0.5) is 5.69 Å². The van der Waals surface area contributed by atoms with Crippen LogP contribution in [0.25, 0.3) is 11.1 Å². The molecule has 2 rings (SSSR count). The minimum atomic E-state index is 0.843. The number of aryl methyl sites for hydroxylation is 3. The number of nitrogens with two attached hydrogens (primary N) is 1. The summed E-state index contributed by atoms with van der Waals surface area (Å²) in [4.78, 5) is 0. The van der Waals surface area contributed by atoms with Gasteiger partial charge in [-0.05, 0) is 38.5 Å². The number of rotatable bonds is 1. The lowest BCUT2D eigenvalue weighted by molar-refractivity contribution is 1.38. The van der Waals surface area contributed by atoms with Gasteiger partial charge in [0.25, 0.3) is 0 Å². The maximum atomic E-state index is 6.02. The van der Waals surface area contributed by atoms with Gasteiger partial charge in [-0.2, -0.15) is 0 Å². The predicted octanol–water partition coefficient (Wildman–Crippen LogP) is 3.86. The fourth-order valence-corrected chi connectivity index (χ4v) is 2.05. The highest BCUT2D eigenvalue weighted by molar-refractivity contribution is 5.77. The van der Waals surface area contributed by atoms with E-state index < -0.39 is 0 Å². The first kappa shape index (κ1) is 10.7. The van der Waals surface area contributed by atoms with Gasteiger partial charge in [-0.1, -0.05) is 41.0 Å². The minimum absolute atomic E-state index is 0.843. The highest BCUT2D eigenvalue weighted by Crippen LogP contribution is 2.28. The molecule has 1 heteroatoms. The second-order valence-electron chi connectivity index (χ2n) is 4.47. The molecule has 2 N–H and O–H groups in total. The van der Waals surface area contributed by atoms with Crippen molar-refractivity contribution >= 4 is 5.69 Å². The molecule has 2 aromatic carbocycles. The van der Waals surface area contributed by atoms with Crippen molar-refractivity contribution in [2.75, 3.05) is 5.73 Å². The zero-order valence-corrected chi connectivity index (χ0v) is 10.0. The van der Waals surface area contributed by atoms with E-state index in [4.69, 9.17) is 5.73 Å². The van der Waals surface area contributed by atoms with E-state index in [9.17, 15) is 0 Å². The van der Waals surface area contributed by atoms with E-state index in [-0.39, 0.29) is 0 Å². The summed E-state index contributed by atoms with van der Waals surface area (Å²) in [5, 5.41) is 0. The Balaban J connectivity index is 2.62. The molecule has 0 aliphatic carbocycles. The molecule has 0 aromatic heterocycles. The van der Waals surface area contributed by atoms with E-state index in [2.05, 4.69) is 45.0 Å². The van der Waals surface area contributed by atoms with Crippen LogP contribution in [-0.4, -0.2) is 0 Å². The number of benzene rings is 2. The lowest BCUT2D eigenvalue weighted by Crippen LogP contribution is -1.91. The summed E-state index contributed by atoms with van der Waals surface area (Å²) in [6.45, 7) is 6.32. The van der Waals surface area contributed by atoms with Gasteiger partial charge in [0.05, 0.1) is 0 Å². The summed E-state index contributed by atoms with van der Waals surface area (Å²) in [5.74, 6) is 0. The number of nitrogen functional groups attached to an aromatic ring is 1. The minimum Gasteiger partial charge on any atom is -0.398 e. The zero-order valence-electron chi connectivity index (χ0n) is 10.0. The molecule has 0 aliphatic rings. The number of hydrogen-bond acceptors (Lipinski definition) is 1. The van der Waals surface area contributed by atoms with Gasteiger partial charge in [0.2, 0.25) is 0 Å². The Bertz CT molecular complexity index is 507. The molecule has 1 nitrogen and oxygen atoms in total. The first-order chi connectivity index (χ1) is 7.56. The molecule has 0 amide bonds. The predicted molar refractivity (Wildman–Crippen MR) is 70.5 cm³/mol. The molecule has 0 saturated heterocycles. The lowest BCUT2D eigenvalue weighted by Gasteiger charge is -2.09. The molecule has 0 fully saturated rings. The van der Waals surface area contributed by atoms with Gasteiger partial charge in [0.1, 0.15) is 0 Å². The molecular weight excluding hydrogens is 194 g/mol. The van der Waals surface area contributed by atoms with Crippen LogP contribution in [0, 0.1) is 20.8 Å². The molecular formula is C15H17N. The standard InChI is InChI=1S/C15H17N/c1-10-4-5-15(16)14(9-10)13-7-11(2)6-12(3)8-13/h4-9H,16H2,1-3H3. The van der Waals surface area contributed by atoms with Gasteiger partial charge in [0.15, 0.2) is 0 Å². The molecule has 0 atom stereocenters. The first-order valence-electron chi connectivity index (χ1n) is 5.51. The van der Waals surface area contributed by atoms with Crippen molar-refractivity contribution in [3.63, 3.8) is 0 Å². The average Bonchev–Trinajstić information content (AvgIpc) is 2.20. The fourth-order valence-electron chi connectivity index (χ4n) is 2.05. The average molecular weight is 211 g/mol. The summed E-state index contributed by atoms with van der Waals surface area (Å²) in [7, 11) is 0. The molecule has 0 aliphatic heterocycles. The molecule has 0 heterocycles. The Labute approximate surface area is 96.9 Å². The van der Waals surface area contributed by atoms with Crippen molar-refractivity contribution in [3.05, 3.63) is 53.1 Å². The van der Waals surface area contributed by atoms with Gasteiger partial charge >= 0.3 is 0 Å². The second-order valence-corrected chi connectivity index (χ2v) is 4.47. The molecule has 82 valence electrons. The topological polar surface area (TPSA) is 26.0 Å². The monoisotopic (exact) mass is 211 g/mol. The first-order valence-corrected chi connectivity index (χ1v) is 5.51. The molecule has 16 heavy (non-hydrogen) atoms. The highest BCUT2D eigenvalue weighted by atomic mass is 14.6. The van der Waals surface area contributed by atoms with Gasteiger partial charge in [-0.3, -0.25) is 0 Å². The smallest absolute Gasteiger partial charge is 0.0393 e. The third-order valence-electron chi connectivity index (χ3n) is 2.74. The van der Waals surface area contributed by atoms with Crippen LogP contribution in [0.15, 0.2) is 36.4 Å². The quantitative estimate of drug-likeness (QED) is 0.712. The van der Waals surface area contributed by atoms with Gasteiger partial charge < -0.3 is 5.73 Å². The van der Waals surface area contributed by atoms with Crippen LogP contribution in [0.2, 0.25) is 0 Å². The fraction of sp³-hybridized carbons (Fsp3) is 0.200. The van der Waals surface area contributed by atoms with E-state index >= 15 is 0 Å². The maximum Gasteiger partial charge on any atom is 0.0393 e. The summed E-state index contributed by atoms with van der Waals surface area (Å²) in [6, 6.07) is 12.7. The molecule has 0 saturated carbocycles. The molecule has 2 aromatic rings. The van der Waals surface area contributed by atoms with Crippen molar-refractivity contribution in [3.8, 4) is 11.1 Å². The van der Waals surface area contributed by atoms with Crippen LogP contribution in [0.5, 0.6) is 0 Å². The van der Waals surface area contributed by atoms with E-state index in [1.807, 2.05) is 12.1 Å². The Morgan fingerprint density at radius 1 is 0.750 bits per heavy atom. The van der Waals surface area contributed by atoms with E-state index in [0.29, 0.717) is 0 Å². The van der Waals surface area contributed by atoms with Crippen LogP contribution in [0.1, 0.15) is 16.7 Å². The highest BCUT2D eigenvalue weighted by Gasteiger charge is 2.04. The largest absolute Gasteiger partial charge is 0.398 e. The van der Waals surface area contributed by atoms with Gasteiger partial charge in [0, 0.05) is 11.3 Å². The van der Waals surface area contributed by atoms with Crippen molar-refractivity contribution in [2.24, 2.45) is 0 Å². The Kier molecular flexibility index (Phi) is 2.69. The van der Waals surface area contributed by atoms with Crippen molar-refractivity contribution < 1.29 is 0 Å². The molecule has 0 bridgehead atoms. The van der Waals surface area contributed by atoms with E-state index in [1.54, 1.807) is 0 Å². The SMILES string of the molecule is Cc1cc(C)cc(-c2cc(C)ccc2N)c1. The Hall–Kier alpha value is -1.76. The Morgan fingerprint density at radius 2 is 1.38 bits per heavy atom. The van der Waals surface area contributed by atoms with Crippen molar-refractivity contribution in [1.29, 1.82) is 0 Å². The summed E-state index contributed by atoms with van der Waals surface area (Å²) in [5.41, 5.74) is 13.0. The van der Waals surface area contributed by atoms with Crippen LogP contribution in [-0.2, 0) is 0 Å². The maximum absolute atomic E-state index is 6.02. The number of anilines is 1. The lowest BCUT2D eigenvalue weighted by atomic mass is 9.98. The van der Waals surface area contributed by atoms with Crippen LogP contribution >= 0.6 is 0 Å². The van der Waals surface area contributed by atoms with Gasteiger partial charge in [-0.25, -0.2) is 0 Å². The molecule has 0 unspecified atom stereocenters. The zero-order chi connectivity index (χ0) is 11.7. The normalized spacial score (nSPS) is 10.4. The van der Waals surface area contributed by atoms with Crippen molar-refractivity contribution in [1.82, 2.24) is 0 Å². The number of hydrogen-bond donors (Lipinski definition) is 1. The van der Waals surface area contributed by atoms with E-state index in [0.717, 1.165) is 11.3 Å².